The molecule has 0 unspecified atom stereocenters. The molecule has 6 heteroatoms. The first kappa shape index (κ1) is 13.4. The maximum Gasteiger partial charge on any atom is 0.234 e. The van der Waals surface area contributed by atoms with E-state index in [1.807, 2.05) is 25.5 Å². The first-order valence-corrected chi connectivity index (χ1v) is 6.25. The van der Waals surface area contributed by atoms with E-state index in [0.29, 0.717) is 6.54 Å². The molecule has 0 fully saturated rings. The molecule has 84 valence electrons. The van der Waals surface area contributed by atoms with Gasteiger partial charge in [0.1, 0.15) is 0 Å². The minimum absolute atomic E-state index is 0.0641. The predicted molar refractivity (Wildman–Crippen MR) is 55.4 cm³/mol. The van der Waals surface area contributed by atoms with Crippen LogP contribution in [-0.4, -0.2) is 32.7 Å². The topological polar surface area (TPSA) is 75.3 Å². The van der Waals surface area contributed by atoms with Crippen LogP contribution < -0.4 is 10.0 Å². The van der Waals surface area contributed by atoms with Crippen LogP contribution in [0.1, 0.15) is 27.2 Å². The molecule has 0 aliphatic heterocycles. The van der Waals surface area contributed by atoms with Gasteiger partial charge in [0.05, 0.1) is 6.26 Å². The summed E-state index contributed by atoms with van der Waals surface area (Å²) in [5, 5.41) is 3.08. The standard InChI is InChI=1S/C8H18N2O3S/c1-8(2,3)9-6-5-7(11)10-14(4,12)13/h9H,5-6H2,1-4H3,(H,10,11). The normalized spacial score (nSPS) is 12.6. The minimum Gasteiger partial charge on any atom is -0.312 e. The average molecular weight is 222 g/mol. The van der Waals surface area contributed by atoms with Gasteiger partial charge >= 0.3 is 0 Å². The Balaban J connectivity index is 3.77. The van der Waals surface area contributed by atoms with E-state index in [1.54, 1.807) is 0 Å². The molecule has 0 spiro atoms. The van der Waals surface area contributed by atoms with Gasteiger partial charge in [-0.05, 0) is 20.8 Å². The number of sulfonamides is 1. The van der Waals surface area contributed by atoms with Gasteiger partial charge in [-0.2, -0.15) is 0 Å². The number of rotatable bonds is 4. The van der Waals surface area contributed by atoms with Crippen LogP contribution in [0.15, 0.2) is 0 Å². The number of nitrogens with one attached hydrogen (secondary N) is 2. The van der Waals surface area contributed by atoms with E-state index in [1.165, 1.54) is 0 Å². The lowest BCUT2D eigenvalue weighted by Gasteiger charge is -2.19. The van der Waals surface area contributed by atoms with Crippen LogP contribution in [-0.2, 0) is 14.8 Å². The molecule has 5 nitrogen and oxygen atoms in total. The maximum absolute atomic E-state index is 11.0. The SMILES string of the molecule is CC(C)(C)NCCC(=O)NS(C)(=O)=O. The van der Waals surface area contributed by atoms with Crippen molar-refractivity contribution >= 4 is 15.9 Å². The van der Waals surface area contributed by atoms with Gasteiger partial charge in [-0.25, -0.2) is 8.42 Å². The van der Waals surface area contributed by atoms with Crippen molar-refractivity contribution in [3.8, 4) is 0 Å². The second kappa shape index (κ2) is 4.75. The molecule has 0 saturated heterocycles. The highest BCUT2D eigenvalue weighted by molar-refractivity contribution is 7.89. The first-order chi connectivity index (χ1) is 6.10. The summed E-state index contributed by atoms with van der Waals surface area (Å²) < 4.78 is 23.2. The van der Waals surface area contributed by atoms with Crippen molar-refractivity contribution in [2.75, 3.05) is 12.8 Å². The van der Waals surface area contributed by atoms with Crippen LogP contribution in [0.25, 0.3) is 0 Å². The third-order valence-corrected chi connectivity index (χ3v) is 1.91. The van der Waals surface area contributed by atoms with E-state index in [-0.39, 0.29) is 12.0 Å². The smallest absolute Gasteiger partial charge is 0.234 e. The third-order valence-electron chi connectivity index (χ3n) is 1.31. The molecule has 0 bridgehead atoms. The molecule has 0 aliphatic rings. The van der Waals surface area contributed by atoms with Gasteiger partial charge in [0.25, 0.3) is 0 Å². The Morgan fingerprint density at radius 3 is 2.14 bits per heavy atom. The Bertz CT molecular complexity index is 290. The minimum atomic E-state index is -3.42. The van der Waals surface area contributed by atoms with Gasteiger partial charge < -0.3 is 5.32 Å². The van der Waals surface area contributed by atoms with Gasteiger partial charge in [-0.15, -0.1) is 0 Å². The summed E-state index contributed by atoms with van der Waals surface area (Å²) in [7, 11) is -3.42. The Morgan fingerprint density at radius 2 is 1.79 bits per heavy atom. The van der Waals surface area contributed by atoms with Gasteiger partial charge in [-0.3, -0.25) is 9.52 Å². The fraction of sp³-hybridized carbons (Fsp3) is 0.875. The maximum atomic E-state index is 11.0. The van der Waals surface area contributed by atoms with E-state index in [2.05, 4.69) is 5.32 Å². The van der Waals surface area contributed by atoms with Crippen LogP contribution >= 0.6 is 0 Å². The third kappa shape index (κ3) is 9.47. The highest BCUT2D eigenvalue weighted by Gasteiger charge is 2.11. The van der Waals surface area contributed by atoms with E-state index in [0.717, 1.165) is 6.26 Å². The lowest BCUT2D eigenvalue weighted by molar-refractivity contribution is -0.119. The summed E-state index contributed by atoms with van der Waals surface area (Å²) in [5.41, 5.74) is -0.0641. The lowest BCUT2D eigenvalue weighted by atomic mass is 10.1. The molecular weight excluding hydrogens is 204 g/mol. The molecule has 0 aromatic heterocycles. The highest BCUT2D eigenvalue weighted by atomic mass is 32.2. The average Bonchev–Trinajstić information content (AvgIpc) is 1.78. The van der Waals surface area contributed by atoms with Gasteiger partial charge in [0.2, 0.25) is 15.9 Å². The zero-order chi connectivity index (χ0) is 11.4. The molecule has 0 rings (SSSR count). The molecule has 0 aromatic carbocycles. The van der Waals surface area contributed by atoms with Crippen LogP contribution in [0.2, 0.25) is 0 Å². The number of amides is 1. The number of carbonyl (C=O) groups excluding carboxylic acids is 1. The molecule has 0 aromatic rings. The van der Waals surface area contributed by atoms with Crippen LogP contribution in [0.5, 0.6) is 0 Å². The molecule has 2 N–H and O–H groups in total. The Morgan fingerprint density at radius 1 is 1.29 bits per heavy atom. The Labute approximate surface area is 85.3 Å². The quantitative estimate of drug-likeness (QED) is 0.693. The molecule has 0 radical (unpaired) electrons. The van der Waals surface area contributed by atoms with E-state index >= 15 is 0 Å². The highest BCUT2D eigenvalue weighted by Crippen LogP contribution is 1.97. The second-order valence-electron chi connectivity index (χ2n) is 4.22. The summed E-state index contributed by atoms with van der Waals surface area (Å²) in [6.45, 7) is 6.38. The monoisotopic (exact) mass is 222 g/mol. The Kier molecular flexibility index (Phi) is 4.54. The largest absolute Gasteiger partial charge is 0.312 e. The van der Waals surface area contributed by atoms with Crippen molar-refractivity contribution in [2.24, 2.45) is 0 Å². The zero-order valence-electron chi connectivity index (χ0n) is 9.05. The number of carbonyl (C=O) groups is 1. The van der Waals surface area contributed by atoms with Crippen molar-refractivity contribution in [3.05, 3.63) is 0 Å². The van der Waals surface area contributed by atoms with Gasteiger partial charge in [0, 0.05) is 18.5 Å². The molecule has 1 amide bonds. The van der Waals surface area contributed by atoms with Crippen molar-refractivity contribution in [1.82, 2.24) is 10.0 Å². The molecule has 0 heterocycles. The zero-order valence-corrected chi connectivity index (χ0v) is 9.86. The molecular formula is C8H18N2O3S. The van der Waals surface area contributed by atoms with Gasteiger partial charge in [-0.1, -0.05) is 0 Å². The van der Waals surface area contributed by atoms with Crippen LogP contribution in [0.3, 0.4) is 0 Å². The fourth-order valence-corrected chi connectivity index (χ4v) is 1.32. The van der Waals surface area contributed by atoms with Crippen LogP contribution in [0.4, 0.5) is 0 Å². The van der Waals surface area contributed by atoms with Crippen molar-refractivity contribution in [1.29, 1.82) is 0 Å². The lowest BCUT2D eigenvalue weighted by Crippen LogP contribution is -2.39. The van der Waals surface area contributed by atoms with Crippen molar-refractivity contribution < 1.29 is 13.2 Å². The fourth-order valence-electron chi connectivity index (χ4n) is 0.809. The first-order valence-electron chi connectivity index (χ1n) is 4.36. The van der Waals surface area contributed by atoms with E-state index < -0.39 is 15.9 Å². The number of hydrogen-bond acceptors (Lipinski definition) is 4. The molecule has 0 saturated carbocycles. The number of hydrogen-bond donors (Lipinski definition) is 2. The summed E-state index contributed by atoms with van der Waals surface area (Å²) in [6, 6.07) is 0. The predicted octanol–water partition coefficient (Wildman–Crippen LogP) is -0.160. The molecule has 14 heavy (non-hydrogen) atoms. The van der Waals surface area contributed by atoms with E-state index in [4.69, 9.17) is 0 Å². The molecule has 0 atom stereocenters. The van der Waals surface area contributed by atoms with E-state index in [9.17, 15) is 13.2 Å². The van der Waals surface area contributed by atoms with Crippen LogP contribution in [0, 0.1) is 0 Å². The second-order valence-corrected chi connectivity index (χ2v) is 5.97. The van der Waals surface area contributed by atoms with Crippen molar-refractivity contribution in [2.45, 2.75) is 32.7 Å². The van der Waals surface area contributed by atoms with Gasteiger partial charge in [0.15, 0.2) is 0 Å². The summed E-state index contributed by atoms with van der Waals surface area (Å²) in [6.07, 6.45) is 1.12. The summed E-state index contributed by atoms with van der Waals surface area (Å²) >= 11 is 0. The van der Waals surface area contributed by atoms with Crippen molar-refractivity contribution in [3.63, 3.8) is 0 Å². The molecule has 0 aliphatic carbocycles. The Hall–Kier alpha value is -0.620. The summed E-state index contributed by atoms with van der Waals surface area (Å²) in [4.78, 5) is 11.0. The summed E-state index contributed by atoms with van der Waals surface area (Å²) in [5.74, 6) is -0.482.